The van der Waals surface area contributed by atoms with Crippen molar-refractivity contribution in [3.63, 3.8) is 0 Å². The zero-order valence-electron chi connectivity index (χ0n) is 7.05. The summed E-state index contributed by atoms with van der Waals surface area (Å²) in [6.07, 6.45) is 0.0875. The lowest BCUT2D eigenvalue weighted by Gasteiger charge is -2.08. The Balaban J connectivity index is 2.46. The zero-order chi connectivity index (χ0) is 9.68. The lowest BCUT2D eigenvalue weighted by Crippen LogP contribution is -1.97. The Morgan fingerprint density at radius 2 is 1.92 bits per heavy atom. The van der Waals surface area contributed by atoms with Gasteiger partial charge in [0.2, 0.25) is 0 Å². The van der Waals surface area contributed by atoms with Crippen LogP contribution in [-0.2, 0) is 0 Å². The normalized spacial score (nSPS) is 10.1. The summed E-state index contributed by atoms with van der Waals surface area (Å²) in [6, 6.07) is 9.11. The van der Waals surface area contributed by atoms with Crippen LogP contribution in [0, 0.1) is 0 Å². The van der Waals surface area contributed by atoms with Crippen LogP contribution in [0.4, 0.5) is 0 Å². The molecule has 3 nitrogen and oxygen atoms in total. The molecule has 0 saturated carbocycles. The Labute approximate surface area is 78.2 Å². The van der Waals surface area contributed by atoms with Crippen LogP contribution < -0.4 is 4.74 Å². The summed E-state index contributed by atoms with van der Waals surface area (Å²) >= 11 is 0. The van der Waals surface area contributed by atoms with E-state index >= 15 is 0 Å². The molecule has 0 bridgehead atoms. The molecule has 4 heteroatoms. The second-order valence-electron chi connectivity index (χ2n) is 2.48. The average molecular weight is 198 g/mol. The molecular formula is C9H11O3P. The first kappa shape index (κ1) is 10.2. The highest BCUT2D eigenvalue weighted by atomic mass is 31.2. The minimum atomic E-state index is -1.96. The summed E-state index contributed by atoms with van der Waals surface area (Å²) in [4.78, 5) is 17.4. The van der Waals surface area contributed by atoms with Gasteiger partial charge in [0.25, 0.3) is 0 Å². The van der Waals surface area contributed by atoms with Gasteiger partial charge in [0, 0.05) is 0 Å². The zero-order valence-corrected chi connectivity index (χ0v) is 7.95. The van der Waals surface area contributed by atoms with E-state index in [-0.39, 0.29) is 6.16 Å². The maximum atomic E-state index is 8.68. The third-order valence-electron chi connectivity index (χ3n) is 1.32. The van der Waals surface area contributed by atoms with Crippen molar-refractivity contribution in [3.05, 3.63) is 42.7 Å². The molecule has 0 aliphatic rings. The molecule has 0 radical (unpaired) electrons. The summed E-state index contributed by atoms with van der Waals surface area (Å²) < 4.78 is 5.23. The molecule has 0 spiro atoms. The van der Waals surface area contributed by atoms with Crippen LogP contribution in [0.2, 0.25) is 0 Å². The van der Waals surface area contributed by atoms with Crippen molar-refractivity contribution >= 4 is 8.38 Å². The average Bonchev–Trinajstić information content (AvgIpc) is 2.04. The predicted octanol–water partition coefficient (Wildman–Crippen LogP) is 1.88. The topological polar surface area (TPSA) is 49.7 Å². The first-order chi connectivity index (χ1) is 6.18. The monoisotopic (exact) mass is 198 g/mol. The van der Waals surface area contributed by atoms with Crippen LogP contribution in [0.15, 0.2) is 42.7 Å². The van der Waals surface area contributed by atoms with E-state index in [0.717, 1.165) is 0 Å². The van der Waals surface area contributed by atoms with Gasteiger partial charge in [-0.25, -0.2) is 0 Å². The van der Waals surface area contributed by atoms with Gasteiger partial charge < -0.3 is 14.5 Å². The van der Waals surface area contributed by atoms with E-state index in [0.29, 0.717) is 11.5 Å². The number of allylic oxidation sites excluding steroid dienone is 1. The Hall–Kier alpha value is -0.890. The van der Waals surface area contributed by atoms with E-state index in [1.807, 2.05) is 18.2 Å². The van der Waals surface area contributed by atoms with Gasteiger partial charge in [0.05, 0.1) is 6.16 Å². The molecular weight excluding hydrogens is 187 g/mol. The Kier molecular flexibility index (Phi) is 3.90. The molecule has 0 amide bonds. The van der Waals surface area contributed by atoms with Crippen molar-refractivity contribution in [2.45, 2.75) is 0 Å². The smallest absolute Gasteiger partial charge is 0.172 e. The fourth-order valence-electron chi connectivity index (χ4n) is 0.845. The van der Waals surface area contributed by atoms with Gasteiger partial charge in [0.15, 0.2) is 8.38 Å². The Morgan fingerprint density at radius 3 is 2.46 bits per heavy atom. The van der Waals surface area contributed by atoms with Crippen LogP contribution >= 0.6 is 8.38 Å². The van der Waals surface area contributed by atoms with Gasteiger partial charge in [0.1, 0.15) is 11.5 Å². The largest absolute Gasteiger partial charge is 0.462 e. The maximum Gasteiger partial charge on any atom is 0.172 e. The SMILES string of the molecule is C=C(CP(O)O)Oc1ccccc1. The fourth-order valence-corrected chi connectivity index (χ4v) is 1.23. The Morgan fingerprint density at radius 1 is 1.31 bits per heavy atom. The van der Waals surface area contributed by atoms with Crippen LogP contribution in [0.3, 0.4) is 0 Å². The number of para-hydroxylation sites is 1. The molecule has 0 saturated heterocycles. The van der Waals surface area contributed by atoms with Gasteiger partial charge >= 0.3 is 0 Å². The highest BCUT2D eigenvalue weighted by Gasteiger charge is 2.03. The van der Waals surface area contributed by atoms with E-state index in [1.165, 1.54) is 0 Å². The number of hydrogen-bond donors (Lipinski definition) is 2. The first-order valence-corrected chi connectivity index (χ1v) is 5.17. The molecule has 0 aromatic heterocycles. The second kappa shape index (κ2) is 4.97. The van der Waals surface area contributed by atoms with E-state index < -0.39 is 8.38 Å². The second-order valence-corrected chi connectivity index (χ2v) is 3.54. The number of ether oxygens (including phenoxy) is 1. The van der Waals surface area contributed by atoms with Crippen LogP contribution in [0.5, 0.6) is 5.75 Å². The molecule has 1 rings (SSSR count). The van der Waals surface area contributed by atoms with Crippen molar-refractivity contribution in [2.75, 3.05) is 6.16 Å². The van der Waals surface area contributed by atoms with Crippen molar-refractivity contribution < 1.29 is 14.5 Å². The minimum absolute atomic E-state index is 0.0875. The van der Waals surface area contributed by atoms with Crippen molar-refractivity contribution in [3.8, 4) is 5.75 Å². The molecule has 13 heavy (non-hydrogen) atoms. The molecule has 0 fully saturated rings. The van der Waals surface area contributed by atoms with Gasteiger partial charge in [-0.3, -0.25) is 0 Å². The molecule has 0 heterocycles. The lowest BCUT2D eigenvalue weighted by molar-refractivity contribution is 0.418. The summed E-state index contributed by atoms with van der Waals surface area (Å²) in [7, 11) is -1.96. The molecule has 2 N–H and O–H groups in total. The molecule has 1 aromatic rings. The van der Waals surface area contributed by atoms with Crippen molar-refractivity contribution in [1.29, 1.82) is 0 Å². The molecule has 0 atom stereocenters. The standard InChI is InChI=1S/C9H11O3P/c1-8(7-13(10)11)12-9-5-3-2-4-6-9/h2-6,10-11H,1,7H2. The van der Waals surface area contributed by atoms with E-state index in [9.17, 15) is 0 Å². The lowest BCUT2D eigenvalue weighted by atomic mass is 10.3. The highest BCUT2D eigenvalue weighted by molar-refractivity contribution is 7.45. The van der Waals surface area contributed by atoms with Crippen molar-refractivity contribution in [2.24, 2.45) is 0 Å². The van der Waals surface area contributed by atoms with E-state index in [1.54, 1.807) is 12.1 Å². The highest BCUT2D eigenvalue weighted by Crippen LogP contribution is 2.26. The minimum Gasteiger partial charge on any atom is -0.462 e. The molecule has 70 valence electrons. The van der Waals surface area contributed by atoms with Crippen molar-refractivity contribution in [1.82, 2.24) is 0 Å². The summed E-state index contributed by atoms with van der Waals surface area (Å²) in [6.45, 7) is 3.56. The van der Waals surface area contributed by atoms with Gasteiger partial charge in [-0.15, -0.1) is 0 Å². The quantitative estimate of drug-likeness (QED) is 0.573. The summed E-state index contributed by atoms with van der Waals surface area (Å²) in [5.74, 6) is 1.02. The van der Waals surface area contributed by atoms with E-state index in [4.69, 9.17) is 14.5 Å². The van der Waals surface area contributed by atoms with Gasteiger partial charge in [-0.2, -0.15) is 0 Å². The van der Waals surface area contributed by atoms with Crippen LogP contribution in [-0.4, -0.2) is 15.9 Å². The number of hydrogen-bond acceptors (Lipinski definition) is 3. The maximum absolute atomic E-state index is 8.68. The summed E-state index contributed by atoms with van der Waals surface area (Å²) in [5, 5.41) is 0. The van der Waals surface area contributed by atoms with Gasteiger partial charge in [-0.05, 0) is 12.1 Å². The van der Waals surface area contributed by atoms with E-state index in [2.05, 4.69) is 6.58 Å². The van der Waals surface area contributed by atoms with Crippen LogP contribution in [0.1, 0.15) is 0 Å². The predicted molar refractivity (Wildman–Crippen MR) is 52.4 cm³/mol. The Bertz CT molecular complexity index is 271. The molecule has 0 aliphatic carbocycles. The van der Waals surface area contributed by atoms with Crippen LogP contribution in [0.25, 0.3) is 0 Å². The molecule has 0 unspecified atom stereocenters. The fraction of sp³-hybridized carbons (Fsp3) is 0.111. The molecule has 1 aromatic carbocycles. The summed E-state index contributed by atoms with van der Waals surface area (Å²) in [5.41, 5.74) is 0. The first-order valence-electron chi connectivity index (χ1n) is 3.74. The number of rotatable bonds is 4. The number of benzene rings is 1. The third-order valence-corrected chi connectivity index (χ3v) is 1.96. The third kappa shape index (κ3) is 4.04. The van der Waals surface area contributed by atoms with Gasteiger partial charge in [-0.1, -0.05) is 24.8 Å². The molecule has 0 aliphatic heterocycles.